The molecule has 0 saturated carbocycles. The average Bonchev–Trinajstić information content (AvgIpc) is 2.97. The fourth-order valence-electron chi connectivity index (χ4n) is 4.44. The topological polar surface area (TPSA) is 122 Å². The molecule has 41 heavy (non-hydrogen) atoms. The molecule has 220 valence electrons. The number of methoxy groups -OCH3 is 1. The lowest BCUT2D eigenvalue weighted by atomic mass is 10.2. The van der Waals surface area contributed by atoms with Crippen molar-refractivity contribution in [1.82, 2.24) is 4.31 Å². The summed E-state index contributed by atoms with van der Waals surface area (Å²) in [7, 11) is -6.73. The third kappa shape index (κ3) is 6.97. The molecule has 3 aromatic rings. The highest BCUT2D eigenvalue weighted by Crippen LogP contribution is 2.31. The molecule has 1 fully saturated rings. The molecule has 13 heteroatoms. The van der Waals surface area contributed by atoms with Gasteiger partial charge in [-0.15, -0.1) is 0 Å². The Morgan fingerprint density at radius 3 is 2.17 bits per heavy atom. The van der Waals surface area contributed by atoms with Crippen molar-refractivity contribution in [1.29, 1.82) is 0 Å². The molecule has 0 spiro atoms. The van der Waals surface area contributed by atoms with E-state index in [-0.39, 0.29) is 26.9 Å². The summed E-state index contributed by atoms with van der Waals surface area (Å²) in [5.74, 6) is -0.676. The normalized spacial score (nSPS) is 14.3. The molecule has 1 aliphatic heterocycles. The zero-order valence-corrected chi connectivity index (χ0v) is 24.4. The minimum atomic E-state index is -4.29. The number of halogens is 1. The van der Waals surface area contributed by atoms with E-state index in [4.69, 9.17) is 9.47 Å². The van der Waals surface area contributed by atoms with Crippen molar-refractivity contribution in [3.8, 4) is 11.5 Å². The summed E-state index contributed by atoms with van der Waals surface area (Å²) >= 11 is 0. The number of ether oxygens (including phenoxy) is 2. The van der Waals surface area contributed by atoms with Crippen molar-refractivity contribution < 1.29 is 35.5 Å². The van der Waals surface area contributed by atoms with E-state index in [9.17, 15) is 26.0 Å². The fraction of sp³-hybridized carbons (Fsp3) is 0.321. The molecule has 1 saturated heterocycles. The van der Waals surface area contributed by atoms with Crippen LogP contribution in [0.25, 0.3) is 0 Å². The third-order valence-electron chi connectivity index (χ3n) is 6.52. The molecule has 0 atom stereocenters. The van der Waals surface area contributed by atoms with Crippen molar-refractivity contribution >= 4 is 37.3 Å². The van der Waals surface area contributed by atoms with Crippen LogP contribution in [0.3, 0.4) is 0 Å². The first-order valence-electron chi connectivity index (χ1n) is 13.1. The molecule has 1 aliphatic rings. The lowest BCUT2D eigenvalue weighted by Crippen LogP contribution is -2.38. The number of piperidine rings is 1. The number of carbonyl (C=O) groups is 1. The van der Waals surface area contributed by atoms with Crippen LogP contribution in [0.15, 0.2) is 76.5 Å². The van der Waals surface area contributed by atoms with Crippen molar-refractivity contribution in [2.24, 2.45) is 0 Å². The van der Waals surface area contributed by atoms with Crippen LogP contribution >= 0.6 is 0 Å². The van der Waals surface area contributed by atoms with E-state index in [1.165, 1.54) is 66.0 Å². The van der Waals surface area contributed by atoms with Crippen molar-refractivity contribution in [3.05, 3.63) is 72.5 Å². The minimum absolute atomic E-state index is 0.0205. The van der Waals surface area contributed by atoms with E-state index in [1.54, 1.807) is 6.92 Å². The molecule has 10 nitrogen and oxygen atoms in total. The van der Waals surface area contributed by atoms with Gasteiger partial charge in [-0.05, 0) is 86.5 Å². The molecule has 3 aromatic carbocycles. The van der Waals surface area contributed by atoms with Crippen LogP contribution in [-0.2, 0) is 24.8 Å². The molecule has 0 radical (unpaired) electrons. The maximum absolute atomic E-state index is 13.7. The predicted octanol–water partition coefficient (Wildman–Crippen LogP) is 4.24. The predicted molar refractivity (Wildman–Crippen MR) is 153 cm³/mol. The van der Waals surface area contributed by atoms with Crippen LogP contribution < -0.4 is 19.1 Å². The average molecular weight is 606 g/mol. The van der Waals surface area contributed by atoms with Gasteiger partial charge in [-0.1, -0.05) is 6.42 Å². The highest BCUT2D eigenvalue weighted by molar-refractivity contribution is 7.92. The molecule has 1 N–H and O–H groups in total. The van der Waals surface area contributed by atoms with Crippen LogP contribution in [0.2, 0.25) is 0 Å². The number of hydrogen-bond donors (Lipinski definition) is 1. The van der Waals surface area contributed by atoms with E-state index in [1.807, 2.05) is 0 Å². The number of nitrogens with zero attached hydrogens (tertiary/aromatic N) is 2. The lowest BCUT2D eigenvalue weighted by molar-refractivity contribution is -0.114. The molecular formula is C28H32FN3O7S2. The fourth-order valence-corrected chi connectivity index (χ4v) is 7.41. The van der Waals surface area contributed by atoms with Gasteiger partial charge in [-0.2, -0.15) is 4.31 Å². The highest BCUT2D eigenvalue weighted by atomic mass is 32.2. The Balaban J connectivity index is 1.64. The summed E-state index contributed by atoms with van der Waals surface area (Å²) in [6, 6.07) is 14.5. The van der Waals surface area contributed by atoms with Gasteiger partial charge in [-0.25, -0.2) is 21.2 Å². The first-order valence-corrected chi connectivity index (χ1v) is 15.9. The summed E-state index contributed by atoms with van der Waals surface area (Å²) in [5.41, 5.74) is 0.122. The molecule has 0 aromatic heterocycles. The SMILES string of the molecule is CCOc1ccc(S(=O)(=O)N(CC(=O)Nc2cc(S(=O)(=O)N3CCCCC3)ccc2OC)c2ccc(F)cc2)cc1. The molecule has 4 rings (SSSR count). The molecule has 1 amide bonds. The van der Waals surface area contributed by atoms with E-state index in [2.05, 4.69) is 5.32 Å². The van der Waals surface area contributed by atoms with Crippen LogP contribution in [0.5, 0.6) is 11.5 Å². The number of rotatable bonds is 11. The Kier molecular flexibility index (Phi) is 9.51. The van der Waals surface area contributed by atoms with Crippen molar-refractivity contribution in [3.63, 3.8) is 0 Å². The molecule has 0 aliphatic carbocycles. The van der Waals surface area contributed by atoms with Gasteiger partial charge in [0, 0.05) is 13.1 Å². The van der Waals surface area contributed by atoms with Gasteiger partial charge >= 0.3 is 0 Å². The van der Waals surface area contributed by atoms with Gasteiger partial charge in [0.1, 0.15) is 23.9 Å². The van der Waals surface area contributed by atoms with Gasteiger partial charge < -0.3 is 14.8 Å². The Morgan fingerprint density at radius 2 is 1.56 bits per heavy atom. The first-order chi connectivity index (χ1) is 19.6. The first kappa shape index (κ1) is 30.3. The molecule has 1 heterocycles. The van der Waals surface area contributed by atoms with Gasteiger partial charge in [0.2, 0.25) is 15.9 Å². The lowest BCUT2D eigenvalue weighted by Gasteiger charge is -2.26. The van der Waals surface area contributed by atoms with Gasteiger partial charge in [-0.3, -0.25) is 9.10 Å². The van der Waals surface area contributed by atoms with Gasteiger partial charge in [0.05, 0.1) is 34.9 Å². The molecule has 0 unspecified atom stereocenters. The molecular weight excluding hydrogens is 573 g/mol. The van der Waals surface area contributed by atoms with Crippen molar-refractivity contribution in [2.75, 3.05) is 43.0 Å². The number of benzene rings is 3. The van der Waals surface area contributed by atoms with Crippen LogP contribution in [0, 0.1) is 5.82 Å². The second-order valence-electron chi connectivity index (χ2n) is 9.27. The standard InChI is InChI=1S/C28H32FN3O7S2/c1-3-39-23-11-13-24(14-12-23)41(36,37)32(22-9-7-21(29)8-10-22)20-28(33)30-26-19-25(15-16-27(26)38-2)40(34,35)31-17-5-4-6-18-31/h7-16,19H,3-6,17-18,20H2,1-2H3,(H,30,33). The zero-order chi connectivity index (χ0) is 29.6. The Labute approximate surface area is 239 Å². The number of hydrogen-bond acceptors (Lipinski definition) is 7. The third-order valence-corrected chi connectivity index (χ3v) is 10.2. The molecule has 0 bridgehead atoms. The smallest absolute Gasteiger partial charge is 0.264 e. The largest absolute Gasteiger partial charge is 0.495 e. The summed E-state index contributed by atoms with van der Waals surface area (Å²) in [6.07, 6.45) is 2.49. The number of anilines is 2. The summed E-state index contributed by atoms with van der Waals surface area (Å²) < 4.78 is 80.4. The van der Waals surface area contributed by atoms with Crippen LogP contribution in [-0.4, -0.2) is 60.4 Å². The quantitative estimate of drug-likeness (QED) is 0.347. The van der Waals surface area contributed by atoms with E-state index in [0.29, 0.717) is 25.4 Å². The summed E-state index contributed by atoms with van der Waals surface area (Å²) in [5, 5.41) is 2.59. The van der Waals surface area contributed by atoms with E-state index >= 15 is 0 Å². The zero-order valence-electron chi connectivity index (χ0n) is 22.7. The highest BCUT2D eigenvalue weighted by Gasteiger charge is 2.29. The summed E-state index contributed by atoms with van der Waals surface area (Å²) in [6.45, 7) is 2.33. The Hall–Kier alpha value is -3.68. The number of sulfonamides is 2. The van der Waals surface area contributed by atoms with Gasteiger partial charge in [0.25, 0.3) is 10.0 Å². The Morgan fingerprint density at radius 1 is 0.927 bits per heavy atom. The van der Waals surface area contributed by atoms with Crippen molar-refractivity contribution in [2.45, 2.75) is 36.0 Å². The second kappa shape index (κ2) is 12.9. The maximum atomic E-state index is 13.7. The number of amides is 1. The monoisotopic (exact) mass is 605 g/mol. The minimum Gasteiger partial charge on any atom is -0.495 e. The van der Waals surface area contributed by atoms with Crippen LogP contribution in [0.4, 0.5) is 15.8 Å². The van der Waals surface area contributed by atoms with Crippen LogP contribution in [0.1, 0.15) is 26.2 Å². The number of carbonyl (C=O) groups excluding carboxylic acids is 1. The van der Waals surface area contributed by atoms with E-state index < -0.39 is 38.3 Å². The second-order valence-corrected chi connectivity index (χ2v) is 13.1. The Bertz CT molecular complexity index is 1570. The van der Waals surface area contributed by atoms with Gasteiger partial charge in [0.15, 0.2) is 0 Å². The number of nitrogens with one attached hydrogen (secondary N) is 1. The van der Waals surface area contributed by atoms with E-state index in [0.717, 1.165) is 35.7 Å². The summed E-state index contributed by atoms with van der Waals surface area (Å²) in [4.78, 5) is 13.2. The maximum Gasteiger partial charge on any atom is 0.264 e.